The third-order valence-corrected chi connectivity index (χ3v) is 5.34. The van der Waals surface area contributed by atoms with Crippen LogP contribution in [-0.2, 0) is 6.42 Å². The third-order valence-electron chi connectivity index (χ3n) is 5.34. The summed E-state index contributed by atoms with van der Waals surface area (Å²) in [4.78, 5) is 28.9. The summed E-state index contributed by atoms with van der Waals surface area (Å²) in [6.07, 6.45) is 5.90. The third kappa shape index (κ3) is 3.53. The van der Waals surface area contributed by atoms with Crippen LogP contribution >= 0.6 is 0 Å². The first kappa shape index (κ1) is 20.0. The van der Waals surface area contributed by atoms with Gasteiger partial charge in [-0.1, -0.05) is 6.07 Å². The van der Waals surface area contributed by atoms with Crippen LogP contribution < -0.4 is 16.5 Å². The van der Waals surface area contributed by atoms with Crippen molar-refractivity contribution in [1.29, 1.82) is 0 Å². The van der Waals surface area contributed by atoms with Gasteiger partial charge in [-0.2, -0.15) is 0 Å². The van der Waals surface area contributed by atoms with Crippen molar-refractivity contribution in [2.45, 2.75) is 38.6 Å². The molecule has 0 radical (unpaired) electrons. The van der Waals surface area contributed by atoms with Gasteiger partial charge in [0.15, 0.2) is 17.4 Å². The molecular weight excluding hydrogens is 390 g/mol. The first-order valence-corrected chi connectivity index (χ1v) is 9.90. The molecule has 0 unspecified atom stereocenters. The highest BCUT2D eigenvalue weighted by Gasteiger charge is 2.31. The molecule has 0 saturated heterocycles. The number of Topliss-reactive ketones (excluding diaryl/α,β-unsaturated/α-hetero) is 1. The molecule has 1 aromatic carbocycles. The largest absolute Gasteiger partial charge is 0.396 e. The van der Waals surface area contributed by atoms with E-state index in [1.165, 1.54) is 13.1 Å². The van der Waals surface area contributed by atoms with Crippen molar-refractivity contribution >= 4 is 28.1 Å². The Bertz CT molecular complexity index is 1190. The molecule has 1 aliphatic rings. The SMILES string of the molecule is CC(=O)c1cn(C2CC2)c2c(F)c(NCCCc3ccccn3)c(F)c(N)c2c1=O. The highest BCUT2D eigenvalue weighted by molar-refractivity contribution is 6.01. The predicted octanol–water partition coefficient (Wildman–Crippen LogP) is 3.84. The lowest BCUT2D eigenvalue weighted by Gasteiger charge is -2.18. The van der Waals surface area contributed by atoms with Crippen LogP contribution in [0.5, 0.6) is 0 Å². The summed E-state index contributed by atoms with van der Waals surface area (Å²) in [6, 6.07) is 5.55. The molecule has 6 nitrogen and oxygen atoms in total. The molecule has 156 valence electrons. The lowest BCUT2D eigenvalue weighted by atomic mass is 10.0. The molecule has 1 aliphatic carbocycles. The highest BCUT2D eigenvalue weighted by atomic mass is 19.1. The van der Waals surface area contributed by atoms with Gasteiger partial charge in [-0.05, 0) is 44.7 Å². The van der Waals surface area contributed by atoms with Gasteiger partial charge >= 0.3 is 0 Å². The summed E-state index contributed by atoms with van der Waals surface area (Å²) in [5, 5.41) is 2.51. The number of aryl methyl sites for hydroxylation is 1. The fourth-order valence-electron chi connectivity index (χ4n) is 3.64. The number of nitrogens with one attached hydrogen (secondary N) is 1. The first-order chi connectivity index (χ1) is 14.4. The zero-order valence-corrected chi connectivity index (χ0v) is 16.5. The Hall–Kier alpha value is -3.29. The van der Waals surface area contributed by atoms with Crippen molar-refractivity contribution in [1.82, 2.24) is 9.55 Å². The average Bonchev–Trinajstić information content (AvgIpc) is 3.57. The second kappa shape index (κ2) is 7.85. The number of carbonyl (C=O) groups excluding carboxylic acids is 1. The van der Waals surface area contributed by atoms with E-state index in [0.717, 1.165) is 18.5 Å². The van der Waals surface area contributed by atoms with Gasteiger partial charge in [-0.3, -0.25) is 14.6 Å². The number of rotatable bonds is 7. The summed E-state index contributed by atoms with van der Waals surface area (Å²) in [5.41, 5.74) is 5.10. The molecular formula is C22H22F2N4O2. The number of hydrogen-bond donors (Lipinski definition) is 2. The van der Waals surface area contributed by atoms with E-state index in [0.29, 0.717) is 19.4 Å². The first-order valence-electron chi connectivity index (χ1n) is 9.90. The molecule has 0 bridgehead atoms. The number of aromatic nitrogens is 2. The van der Waals surface area contributed by atoms with E-state index < -0.39 is 28.5 Å². The number of pyridine rings is 2. The Kier molecular flexibility index (Phi) is 5.24. The summed E-state index contributed by atoms with van der Waals surface area (Å²) in [5.74, 6) is -2.35. The van der Waals surface area contributed by atoms with E-state index >= 15 is 4.39 Å². The number of fused-ring (bicyclic) bond motifs is 1. The average molecular weight is 412 g/mol. The molecule has 1 saturated carbocycles. The van der Waals surface area contributed by atoms with Crippen molar-refractivity contribution in [2.75, 3.05) is 17.6 Å². The normalized spacial score (nSPS) is 13.6. The fourth-order valence-corrected chi connectivity index (χ4v) is 3.64. The molecule has 8 heteroatoms. The van der Waals surface area contributed by atoms with Crippen LogP contribution in [0.15, 0.2) is 35.4 Å². The lowest BCUT2D eigenvalue weighted by molar-refractivity contribution is 0.101. The molecule has 3 aromatic rings. The van der Waals surface area contributed by atoms with E-state index in [2.05, 4.69) is 10.3 Å². The number of nitrogens with two attached hydrogens (primary N) is 1. The Morgan fingerprint density at radius 1 is 1.30 bits per heavy atom. The molecule has 2 aromatic heterocycles. The second-order valence-electron chi connectivity index (χ2n) is 7.56. The highest BCUT2D eigenvalue weighted by Crippen LogP contribution is 2.40. The van der Waals surface area contributed by atoms with Gasteiger partial charge in [-0.25, -0.2) is 8.78 Å². The fraction of sp³-hybridized carbons (Fsp3) is 0.318. The smallest absolute Gasteiger partial charge is 0.202 e. The second-order valence-corrected chi connectivity index (χ2v) is 7.56. The Morgan fingerprint density at radius 3 is 2.70 bits per heavy atom. The predicted molar refractivity (Wildman–Crippen MR) is 112 cm³/mol. The van der Waals surface area contributed by atoms with Crippen LogP contribution in [0, 0.1) is 11.6 Å². The van der Waals surface area contributed by atoms with Crippen molar-refractivity contribution < 1.29 is 13.6 Å². The van der Waals surface area contributed by atoms with Crippen LogP contribution in [0.4, 0.5) is 20.2 Å². The number of anilines is 2. The minimum absolute atomic E-state index is 0.0393. The van der Waals surface area contributed by atoms with Crippen LogP contribution in [0.25, 0.3) is 10.9 Å². The molecule has 0 aliphatic heterocycles. The van der Waals surface area contributed by atoms with Gasteiger partial charge in [0.2, 0.25) is 5.43 Å². The van der Waals surface area contributed by atoms with Gasteiger partial charge < -0.3 is 15.6 Å². The van der Waals surface area contributed by atoms with Crippen LogP contribution in [0.1, 0.15) is 48.3 Å². The van der Waals surface area contributed by atoms with Gasteiger partial charge in [0.25, 0.3) is 0 Å². The standard InChI is InChI=1S/C22H22F2N4O2/c1-12(29)15-11-28(14-7-8-14)21-16(22(15)30)19(25)17(23)20(18(21)24)27-10-4-6-13-5-2-3-9-26-13/h2-3,5,9,11,14,27H,4,6-8,10,25H2,1H3. The molecule has 0 atom stereocenters. The molecule has 3 N–H and O–H groups in total. The number of halogens is 2. The molecule has 0 amide bonds. The number of hydrogen-bond acceptors (Lipinski definition) is 5. The van der Waals surface area contributed by atoms with Crippen molar-refractivity contribution in [3.8, 4) is 0 Å². The summed E-state index contributed by atoms with van der Waals surface area (Å²) < 4.78 is 31.9. The zero-order valence-electron chi connectivity index (χ0n) is 16.5. The Morgan fingerprint density at radius 2 is 2.07 bits per heavy atom. The molecule has 1 fully saturated rings. The maximum atomic E-state index is 15.4. The molecule has 4 rings (SSSR count). The minimum Gasteiger partial charge on any atom is -0.396 e. The van der Waals surface area contributed by atoms with Gasteiger partial charge in [-0.15, -0.1) is 0 Å². The van der Waals surface area contributed by atoms with Gasteiger partial charge in [0.05, 0.1) is 22.2 Å². The Balaban J connectivity index is 1.73. The van der Waals surface area contributed by atoms with Crippen LogP contribution in [0.2, 0.25) is 0 Å². The maximum absolute atomic E-state index is 15.4. The van der Waals surface area contributed by atoms with Gasteiger partial charge in [0, 0.05) is 30.7 Å². The zero-order chi connectivity index (χ0) is 21.4. The van der Waals surface area contributed by atoms with E-state index in [4.69, 9.17) is 5.73 Å². The summed E-state index contributed by atoms with van der Waals surface area (Å²) in [7, 11) is 0. The number of nitrogen functional groups attached to an aromatic ring is 1. The van der Waals surface area contributed by atoms with E-state index in [-0.39, 0.29) is 28.2 Å². The van der Waals surface area contributed by atoms with Crippen molar-refractivity contribution in [2.24, 2.45) is 0 Å². The van der Waals surface area contributed by atoms with Gasteiger partial charge in [0.1, 0.15) is 5.69 Å². The summed E-state index contributed by atoms with van der Waals surface area (Å²) >= 11 is 0. The lowest BCUT2D eigenvalue weighted by Crippen LogP contribution is -2.21. The van der Waals surface area contributed by atoms with E-state index in [1.54, 1.807) is 10.8 Å². The minimum atomic E-state index is -1.02. The molecule has 30 heavy (non-hydrogen) atoms. The topological polar surface area (TPSA) is 90.0 Å². The Labute approximate surface area is 171 Å². The van der Waals surface area contributed by atoms with E-state index in [9.17, 15) is 14.0 Å². The number of carbonyl (C=O) groups is 1. The number of nitrogens with zero attached hydrogens (tertiary/aromatic N) is 2. The molecule has 0 spiro atoms. The number of benzene rings is 1. The van der Waals surface area contributed by atoms with E-state index in [1.807, 2.05) is 18.2 Å². The van der Waals surface area contributed by atoms with Crippen LogP contribution in [-0.4, -0.2) is 21.9 Å². The molecule has 2 heterocycles. The number of ketones is 1. The maximum Gasteiger partial charge on any atom is 0.202 e. The summed E-state index contributed by atoms with van der Waals surface area (Å²) in [6.45, 7) is 1.55. The quantitative estimate of drug-likeness (QED) is 0.350. The van der Waals surface area contributed by atoms with Crippen molar-refractivity contribution in [3.05, 3.63) is 63.7 Å². The monoisotopic (exact) mass is 412 g/mol. The van der Waals surface area contributed by atoms with Crippen LogP contribution in [0.3, 0.4) is 0 Å². The van der Waals surface area contributed by atoms with Crippen molar-refractivity contribution in [3.63, 3.8) is 0 Å².